The standard InChI is InChI=1S/C16H27N3O4S/c1-5-19(6-2)24(21,22)13-8-9-15(23-7-3)14(10-13)18-16(20)12(4)11-17/h8-10,12H,5-7,11,17H2,1-4H3,(H,18,20). The molecule has 1 rings (SSSR count). The van der Waals surface area contributed by atoms with E-state index in [1.54, 1.807) is 26.8 Å². The number of nitrogens with one attached hydrogen (secondary N) is 1. The van der Waals surface area contributed by atoms with Crippen LogP contribution >= 0.6 is 0 Å². The number of nitrogens with zero attached hydrogens (tertiary/aromatic N) is 1. The quantitative estimate of drug-likeness (QED) is 0.700. The molecule has 0 spiro atoms. The molecule has 8 heteroatoms. The number of nitrogens with two attached hydrogens (primary N) is 1. The molecule has 136 valence electrons. The van der Waals surface area contributed by atoms with Crippen molar-refractivity contribution >= 4 is 21.6 Å². The van der Waals surface area contributed by atoms with Crippen LogP contribution < -0.4 is 15.8 Å². The first-order chi connectivity index (χ1) is 11.3. The van der Waals surface area contributed by atoms with E-state index in [1.165, 1.54) is 16.4 Å². The van der Waals surface area contributed by atoms with Crippen molar-refractivity contribution in [2.45, 2.75) is 32.6 Å². The van der Waals surface area contributed by atoms with E-state index in [1.807, 2.05) is 6.92 Å². The maximum Gasteiger partial charge on any atom is 0.243 e. The Balaban J connectivity index is 3.28. The van der Waals surface area contributed by atoms with Gasteiger partial charge in [0, 0.05) is 25.6 Å². The van der Waals surface area contributed by atoms with Gasteiger partial charge in [-0.3, -0.25) is 4.79 Å². The number of hydrogen-bond acceptors (Lipinski definition) is 5. The normalized spacial score (nSPS) is 12.9. The SMILES string of the molecule is CCOc1ccc(S(=O)(=O)N(CC)CC)cc1NC(=O)C(C)CN. The second-order valence-electron chi connectivity index (χ2n) is 5.31. The average Bonchev–Trinajstić information content (AvgIpc) is 2.56. The molecule has 0 radical (unpaired) electrons. The number of carbonyl (C=O) groups excluding carboxylic acids is 1. The van der Waals surface area contributed by atoms with Gasteiger partial charge in [0.25, 0.3) is 0 Å². The van der Waals surface area contributed by atoms with Crippen molar-refractivity contribution in [1.29, 1.82) is 0 Å². The number of sulfonamides is 1. The zero-order valence-electron chi connectivity index (χ0n) is 14.7. The van der Waals surface area contributed by atoms with Crippen LogP contribution in [0.25, 0.3) is 0 Å². The molecule has 0 saturated heterocycles. The first-order valence-electron chi connectivity index (χ1n) is 8.09. The molecule has 7 nitrogen and oxygen atoms in total. The fourth-order valence-electron chi connectivity index (χ4n) is 2.12. The number of anilines is 1. The lowest BCUT2D eigenvalue weighted by atomic mass is 10.1. The summed E-state index contributed by atoms with van der Waals surface area (Å²) in [6.07, 6.45) is 0. The van der Waals surface area contributed by atoms with E-state index >= 15 is 0 Å². The molecule has 0 aliphatic heterocycles. The largest absolute Gasteiger partial charge is 0.492 e. The minimum atomic E-state index is -3.62. The molecule has 1 atom stereocenters. The second kappa shape index (κ2) is 9.00. The van der Waals surface area contributed by atoms with Crippen LogP contribution in [-0.4, -0.2) is 44.9 Å². The molecule has 24 heavy (non-hydrogen) atoms. The minimum Gasteiger partial charge on any atom is -0.492 e. The molecule has 1 aromatic carbocycles. The molecule has 1 unspecified atom stereocenters. The van der Waals surface area contributed by atoms with E-state index < -0.39 is 10.0 Å². The zero-order valence-corrected chi connectivity index (χ0v) is 15.5. The molecular weight excluding hydrogens is 330 g/mol. The third-order valence-electron chi connectivity index (χ3n) is 3.65. The number of carbonyl (C=O) groups is 1. The number of amides is 1. The minimum absolute atomic E-state index is 0.116. The highest BCUT2D eigenvalue weighted by Crippen LogP contribution is 2.29. The van der Waals surface area contributed by atoms with Gasteiger partial charge in [0.2, 0.25) is 15.9 Å². The van der Waals surface area contributed by atoms with Crippen LogP contribution in [0.5, 0.6) is 5.75 Å². The van der Waals surface area contributed by atoms with Crippen LogP contribution in [0.1, 0.15) is 27.7 Å². The fraction of sp³-hybridized carbons (Fsp3) is 0.562. The summed E-state index contributed by atoms with van der Waals surface area (Å²) < 4.78 is 32.1. The van der Waals surface area contributed by atoms with Crippen molar-refractivity contribution in [1.82, 2.24) is 4.31 Å². The predicted molar refractivity (Wildman–Crippen MR) is 94.6 cm³/mol. The van der Waals surface area contributed by atoms with Crippen molar-refractivity contribution in [3.63, 3.8) is 0 Å². The molecule has 1 aromatic rings. The highest BCUT2D eigenvalue weighted by Gasteiger charge is 2.23. The lowest BCUT2D eigenvalue weighted by Gasteiger charge is -2.20. The number of ether oxygens (including phenoxy) is 1. The molecule has 1 amide bonds. The van der Waals surface area contributed by atoms with E-state index in [-0.39, 0.29) is 23.3 Å². The monoisotopic (exact) mass is 357 g/mol. The van der Waals surface area contributed by atoms with Gasteiger partial charge in [0.1, 0.15) is 5.75 Å². The molecule has 0 fully saturated rings. The summed E-state index contributed by atoms with van der Waals surface area (Å²) in [5, 5.41) is 2.71. The van der Waals surface area contributed by atoms with Crippen molar-refractivity contribution < 1.29 is 17.9 Å². The third kappa shape index (κ3) is 4.68. The van der Waals surface area contributed by atoms with Crippen molar-refractivity contribution in [3.8, 4) is 5.75 Å². The molecule has 0 aliphatic rings. The second-order valence-corrected chi connectivity index (χ2v) is 7.24. The molecule has 3 N–H and O–H groups in total. The van der Waals surface area contributed by atoms with E-state index in [4.69, 9.17) is 10.5 Å². The van der Waals surface area contributed by atoms with Crippen LogP contribution in [0.2, 0.25) is 0 Å². The first kappa shape index (κ1) is 20.4. The highest BCUT2D eigenvalue weighted by molar-refractivity contribution is 7.89. The molecule has 0 aromatic heterocycles. The van der Waals surface area contributed by atoms with Crippen LogP contribution in [0, 0.1) is 5.92 Å². The average molecular weight is 357 g/mol. The molecular formula is C16H27N3O4S. The third-order valence-corrected chi connectivity index (χ3v) is 5.70. The van der Waals surface area contributed by atoms with Gasteiger partial charge in [-0.1, -0.05) is 20.8 Å². The summed E-state index contributed by atoms with van der Waals surface area (Å²) in [7, 11) is -3.62. The Bertz CT molecular complexity index is 657. The Morgan fingerprint density at radius 3 is 2.42 bits per heavy atom. The number of benzene rings is 1. The van der Waals surface area contributed by atoms with Crippen LogP contribution in [-0.2, 0) is 14.8 Å². The topological polar surface area (TPSA) is 102 Å². The van der Waals surface area contributed by atoms with Gasteiger partial charge in [-0.05, 0) is 25.1 Å². The van der Waals surface area contributed by atoms with Gasteiger partial charge in [-0.2, -0.15) is 4.31 Å². The van der Waals surface area contributed by atoms with E-state index in [0.29, 0.717) is 31.1 Å². The smallest absolute Gasteiger partial charge is 0.243 e. The Kier molecular flexibility index (Phi) is 7.65. The molecule has 0 heterocycles. The Labute approximate surface area is 144 Å². The van der Waals surface area contributed by atoms with Crippen LogP contribution in [0.15, 0.2) is 23.1 Å². The van der Waals surface area contributed by atoms with Gasteiger partial charge in [0.05, 0.1) is 17.2 Å². The lowest BCUT2D eigenvalue weighted by molar-refractivity contribution is -0.119. The number of rotatable bonds is 9. The van der Waals surface area contributed by atoms with Gasteiger partial charge >= 0.3 is 0 Å². The summed E-state index contributed by atoms with van der Waals surface area (Å²) in [6, 6.07) is 4.48. The summed E-state index contributed by atoms with van der Waals surface area (Å²) in [5.74, 6) is -0.244. The van der Waals surface area contributed by atoms with E-state index in [9.17, 15) is 13.2 Å². The Morgan fingerprint density at radius 1 is 1.29 bits per heavy atom. The maximum absolute atomic E-state index is 12.6. The zero-order chi connectivity index (χ0) is 18.3. The van der Waals surface area contributed by atoms with Gasteiger partial charge in [-0.25, -0.2) is 8.42 Å². The van der Waals surface area contributed by atoms with Crippen LogP contribution in [0.4, 0.5) is 5.69 Å². The molecule has 0 saturated carbocycles. The van der Waals surface area contributed by atoms with Gasteiger partial charge in [-0.15, -0.1) is 0 Å². The number of hydrogen-bond donors (Lipinski definition) is 2. The summed E-state index contributed by atoms with van der Waals surface area (Å²) in [5.41, 5.74) is 5.83. The fourth-order valence-corrected chi connectivity index (χ4v) is 3.61. The summed E-state index contributed by atoms with van der Waals surface area (Å²) >= 11 is 0. The van der Waals surface area contributed by atoms with E-state index in [0.717, 1.165) is 0 Å². The van der Waals surface area contributed by atoms with Crippen molar-refractivity contribution in [3.05, 3.63) is 18.2 Å². The summed E-state index contributed by atoms with van der Waals surface area (Å²) in [4.78, 5) is 12.2. The Morgan fingerprint density at radius 2 is 1.92 bits per heavy atom. The van der Waals surface area contributed by atoms with Crippen molar-refractivity contribution in [2.24, 2.45) is 11.7 Å². The van der Waals surface area contributed by atoms with Gasteiger partial charge in [0.15, 0.2) is 0 Å². The van der Waals surface area contributed by atoms with Crippen molar-refractivity contribution in [2.75, 3.05) is 31.6 Å². The first-order valence-corrected chi connectivity index (χ1v) is 9.53. The molecule has 0 bridgehead atoms. The Hall–Kier alpha value is -1.64. The summed E-state index contributed by atoms with van der Waals surface area (Å²) in [6.45, 7) is 8.42. The van der Waals surface area contributed by atoms with Gasteiger partial charge < -0.3 is 15.8 Å². The predicted octanol–water partition coefficient (Wildman–Crippen LogP) is 1.65. The lowest BCUT2D eigenvalue weighted by Crippen LogP contribution is -2.31. The van der Waals surface area contributed by atoms with Crippen LogP contribution in [0.3, 0.4) is 0 Å². The highest BCUT2D eigenvalue weighted by atomic mass is 32.2. The van der Waals surface area contributed by atoms with E-state index in [2.05, 4.69) is 5.32 Å². The molecule has 0 aliphatic carbocycles. The maximum atomic E-state index is 12.6.